The van der Waals surface area contributed by atoms with Gasteiger partial charge in [0.1, 0.15) is 0 Å². The lowest BCUT2D eigenvalue weighted by atomic mass is 9.44. The highest BCUT2D eigenvalue weighted by Crippen LogP contribution is 2.68. The van der Waals surface area contributed by atoms with Gasteiger partial charge in [0, 0.05) is 0 Å². The van der Waals surface area contributed by atoms with Crippen LogP contribution in [-0.2, 0) is 0 Å². The standard InChI is InChI=1S/C22H38O/c1-4-12-22(23)15-11-19-17-9-8-16-7-5-6-13-20(16,2)18(17)10-14-21(19,22)3/h16-19,23H,4-15H2,1-3H3/t16-,17-,18+,19+,20+,21+,22+/m1/s1. The van der Waals surface area contributed by atoms with Crippen molar-refractivity contribution < 1.29 is 5.11 Å². The Hall–Kier alpha value is -0.0400. The van der Waals surface area contributed by atoms with Crippen LogP contribution in [0.2, 0.25) is 0 Å². The summed E-state index contributed by atoms with van der Waals surface area (Å²) in [6.45, 7) is 7.36. The molecule has 0 radical (unpaired) electrons. The third-order valence-corrected chi connectivity index (χ3v) is 9.57. The molecule has 4 rings (SSSR count). The van der Waals surface area contributed by atoms with Gasteiger partial charge in [0.25, 0.3) is 0 Å². The van der Waals surface area contributed by atoms with Gasteiger partial charge in [-0.2, -0.15) is 0 Å². The summed E-state index contributed by atoms with van der Waals surface area (Å²) in [5.74, 6) is 3.69. The minimum absolute atomic E-state index is 0.210. The fourth-order valence-corrected chi connectivity index (χ4v) is 8.23. The number of hydrogen-bond donors (Lipinski definition) is 1. The van der Waals surface area contributed by atoms with Crippen molar-refractivity contribution in [2.75, 3.05) is 0 Å². The van der Waals surface area contributed by atoms with E-state index in [9.17, 15) is 5.11 Å². The molecule has 0 aromatic carbocycles. The minimum atomic E-state index is -0.359. The second kappa shape index (κ2) is 5.48. The first-order chi connectivity index (χ1) is 10.9. The quantitative estimate of drug-likeness (QED) is 0.667. The van der Waals surface area contributed by atoms with Gasteiger partial charge < -0.3 is 5.11 Å². The summed E-state index contributed by atoms with van der Waals surface area (Å²) in [6, 6.07) is 0. The zero-order valence-corrected chi connectivity index (χ0v) is 15.7. The topological polar surface area (TPSA) is 20.2 Å². The van der Waals surface area contributed by atoms with Crippen molar-refractivity contribution in [1.82, 2.24) is 0 Å². The lowest BCUT2D eigenvalue weighted by Crippen LogP contribution is -2.56. The van der Waals surface area contributed by atoms with Crippen LogP contribution in [-0.4, -0.2) is 10.7 Å². The van der Waals surface area contributed by atoms with Gasteiger partial charge in [-0.05, 0) is 92.3 Å². The molecule has 0 aromatic rings. The van der Waals surface area contributed by atoms with Crippen LogP contribution in [0.1, 0.15) is 97.8 Å². The summed E-state index contributed by atoms with van der Waals surface area (Å²) < 4.78 is 0. The number of aliphatic hydroxyl groups is 1. The molecule has 1 nitrogen and oxygen atoms in total. The van der Waals surface area contributed by atoms with E-state index in [0.29, 0.717) is 5.41 Å². The van der Waals surface area contributed by atoms with E-state index in [1.54, 1.807) is 0 Å². The van der Waals surface area contributed by atoms with Gasteiger partial charge in [-0.15, -0.1) is 0 Å². The second-order valence-corrected chi connectivity index (χ2v) is 10.2. The van der Waals surface area contributed by atoms with Crippen LogP contribution in [0.25, 0.3) is 0 Å². The summed E-state index contributed by atoms with van der Waals surface area (Å²) in [7, 11) is 0. The Balaban J connectivity index is 1.63. The number of fused-ring (bicyclic) bond motifs is 5. The fraction of sp³-hybridized carbons (Fsp3) is 1.00. The van der Waals surface area contributed by atoms with Gasteiger partial charge in [-0.3, -0.25) is 0 Å². The van der Waals surface area contributed by atoms with Gasteiger partial charge in [-0.1, -0.05) is 40.0 Å². The molecule has 132 valence electrons. The third-order valence-electron chi connectivity index (χ3n) is 9.57. The Kier molecular flexibility index (Phi) is 3.91. The molecular formula is C22H38O. The zero-order chi connectivity index (χ0) is 16.3. The molecule has 7 atom stereocenters. The van der Waals surface area contributed by atoms with Crippen LogP contribution in [0, 0.1) is 34.5 Å². The molecule has 0 bridgehead atoms. The van der Waals surface area contributed by atoms with Crippen LogP contribution < -0.4 is 0 Å². The highest BCUT2D eigenvalue weighted by Gasteiger charge is 2.63. The fourth-order valence-electron chi connectivity index (χ4n) is 8.23. The molecule has 0 aromatic heterocycles. The Morgan fingerprint density at radius 2 is 1.65 bits per heavy atom. The molecule has 23 heavy (non-hydrogen) atoms. The smallest absolute Gasteiger partial charge is 0.0703 e. The average Bonchev–Trinajstić information content (AvgIpc) is 2.79. The summed E-state index contributed by atoms with van der Waals surface area (Å²) >= 11 is 0. The molecule has 4 aliphatic rings. The van der Waals surface area contributed by atoms with Gasteiger partial charge in [0.15, 0.2) is 0 Å². The van der Waals surface area contributed by atoms with Gasteiger partial charge >= 0.3 is 0 Å². The Labute approximate surface area is 143 Å². The Morgan fingerprint density at radius 1 is 0.870 bits per heavy atom. The molecule has 4 saturated carbocycles. The Bertz CT molecular complexity index is 459. The van der Waals surface area contributed by atoms with E-state index in [2.05, 4.69) is 20.8 Å². The van der Waals surface area contributed by atoms with E-state index in [0.717, 1.165) is 42.9 Å². The van der Waals surface area contributed by atoms with Crippen molar-refractivity contribution in [2.45, 2.75) is 103 Å². The first kappa shape index (κ1) is 16.4. The monoisotopic (exact) mass is 318 g/mol. The van der Waals surface area contributed by atoms with E-state index in [1.165, 1.54) is 57.8 Å². The number of rotatable bonds is 2. The van der Waals surface area contributed by atoms with E-state index >= 15 is 0 Å². The van der Waals surface area contributed by atoms with Gasteiger partial charge in [0.2, 0.25) is 0 Å². The maximum atomic E-state index is 11.4. The predicted molar refractivity (Wildman–Crippen MR) is 96.2 cm³/mol. The van der Waals surface area contributed by atoms with Crippen molar-refractivity contribution >= 4 is 0 Å². The van der Waals surface area contributed by atoms with Crippen molar-refractivity contribution in [3.8, 4) is 0 Å². The molecule has 1 N–H and O–H groups in total. The van der Waals surface area contributed by atoms with E-state index < -0.39 is 0 Å². The SMILES string of the molecule is CCC[C@]1(O)CC[C@H]2[C@@H]3CC[C@H]4CCCC[C@]4(C)[C@H]3CC[C@@]21C. The second-order valence-electron chi connectivity index (χ2n) is 10.2. The highest BCUT2D eigenvalue weighted by molar-refractivity contribution is 5.13. The van der Waals surface area contributed by atoms with Crippen LogP contribution in [0.4, 0.5) is 0 Å². The largest absolute Gasteiger partial charge is 0.389 e. The lowest BCUT2D eigenvalue weighted by Gasteiger charge is -2.61. The minimum Gasteiger partial charge on any atom is -0.389 e. The van der Waals surface area contributed by atoms with Gasteiger partial charge in [-0.25, -0.2) is 0 Å². The van der Waals surface area contributed by atoms with E-state index in [1.807, 2.05) is 0 Å². The normalized spacial score (nSPS) is 55.8. The Morgan fingerprint density at radius 3 is 2.43 bits per heavy atom. The third kappa shape index (κ3) is 2.14. The molecule has 4 aliphatic carbocycles. The molecule has 4 fully saturated rings. The van der Waals surface area contributed by atoms with Crippen LogP contribution in [0.5, 0.6) is 0 Å². The molecule has 1 heteroatoms. The van der Waals surface area contributed by atoms with Crippen molar-refractivity contribution in [1.29, 1.82) is 0 Å². The molecule has 0 heterocycles. The molecule has 0 amide bonds. The van der Waals surface area contributed by atoms with Crippen molar-refractivity contribution in [2.24, 2.45) is 34.5 Å². The van der Waals surface area contributed by atoms with E-state index in [-0.39, 0.29) is 11.0 Å². The number of hydrogen-bond acceptors (Lipinski definition) is 1. The van der Waals surface area contributed by atoms with Crippen LogP contribution >= 0.6 is 0 Å². The summed E-state index contributed by atoms with van der Waals surface area (Å²) in [5, 5.41) is 11.4. The van der Waals surface area contributed by atoms with Crippen LogP contribution in [0.15, 0.2) is 0 Å². The predicted octanol–water partition coefficient (Wildman–Crippen LogP) is 5.95. The molecular weight excluding hydrogens is 280 g/mol. The molecule has 0 aliphatic heterocycles. The zero-order valence-electron chi connectivity index (χ0n) is 15.7. The first-order valence-corrected chi connectivity index (χ1v) is 10.7. The molecule has 0 saturated heterocycles. The maximum absolute atomic E-state index is 11.4. The highest BCUT2D eigenvalue weighted by atomic mass is 16.3. The lowest BCUT2D eigenvalue weighted by molar-refractivity contribution is -0.153. The summed E-state index contributed by atoms with van der Waals surface area (Å²) in [5.41, 5.74) is 0.484. The van der Waals surface area contributed by atoms with Crippen LogP contribution in [0.3, 0.4) is 0 Å². The van der Waals surface area contributed by atoms with Crippen molar-refractivity contribution in [3.05, 3.63) is 0 Å². The van der Waals surface area contributed by atoms with E-state index in [4.69, 9.17) is 0 Å². The molecule has 0 unspecified atom stereocenters. The summed E-state index contributed by atoms with van der Waals surface area (Å²) in [4.78, 5) is 0. The summed E-state index contributed by atoms with van der Waals surface area (Å²) in [6.07, 6.45) is 16.1. The van der Waals surface area contributed by atoms with Crippen molar-refractivity contribution in [3.63, 3.8) is 0 Å². The average molecular weight is 319 g/mol. The first-order valence-electron chi connectivity index (χ1n) is 10.7. The maximum Gasteiger partial charge on any atom is 0.0703 e. The van der Waals surface area contributed by atoms with Gasteiger partial charge in [0.05, 0.1) is 5.60 Å². The molecule has 0 spiro atoms.